The summed E-state index contributed by atoms with van der Waals surface area (Å²) >= 11 is 1.66. The van der Waals surface area contributed by atoms with Crippen LogP contribution in [0.5, 0.6) is 0 Å². The Bertz CT molecular complexity index is 827. The number of carboxylic acids is 1. The predicted octanol–water partition coefficient (Wildman–Crippen LogP) is 3.82. The van der Waals surface area contributed by atoms with Crippen molar-refractivity contribution in [3.8, 4) is 0 Å². The lowest BCUT2D eigenvalue weighted by molar-refractivity contribution is -0.168. The summed E-state index contributed by atoms with van der Waals surface area (Å²) in [5.74, 6) is -0.669. The number of nitrogens with one attached hydrogen (secondary N) is 2. The van der Waals surface area contributed by atoms with Crippen molar-refractivity contribution in [3.05, 3.63) is 35.9 Å². The molecule has 0 fully saturated rings. The zero-order valence-corrected chi connectivity index (χ0v) is 23.5. The van der Waals surface area contributed by atoms with Gasteiger partial charge in [-0.25, -0.2) is 4.79 Å². The lowest BCUT2D eigenvalue weighted by Gasteiger charge is -2.21. The standard InChI is InChI=1S/C24H36N2O7S3/c1-16(2)23(30)32-17(3)33-24(31)26-20(10-11-34-4)15-36-35-14-19(22(29)25-13-21(27)28)12-18-8-6-5-7-9-18/h5-9,16-17,19-20H,10-15H2,1-4H3,(H,25,29)(H,26,31)(H,27,28)/t17?,19-,20+/m1/s1. The molecule has 2 amide bonds. The molecule has 1 unspecified atom stereocenters. The van der Waals surface area contributed by atoms with Gasteiger partial charge in [-0.15, -0.1) is 0 Å². The number of thioether (sulfide) groups is 1. The van der Waals surface area contributed by atoms with Crippen molar-refractivity contribution >= 4 is 57.3 Å². The second-order valence-corrected chi connectivity index (χ2v) is 11.8. The molecular formula is C24H36N2O7S3. The van der Waals surface area contributed by atoms with Crippen LogP contribution in [-0.2, 0) is 30.3 Å². The van der Waals surface area contributed by atoms with Crippen LogP contribution in [0.2, 0.25) is 0 Å². The van der Waals surface area contributed by atoms with Crippen LogP contribution >= 0.6 is 33.3 Å². The Morgan fingerprint density at radius 3 is 2.28 bits per heavy atom. The smallest absolute Gasteiger partial charge is 0.410 e. The van der Waals surface area contributed by atoms with Crippen molar-refractivity contribution in [2.75, 3.05) is 30.1 Å². The number of rotatable bonds is 17. The number of esters is 1. The SMILES string of the molecule is CSCC[C@@H](CSSC[C@@H](Cc1ccccc1)C(=O)NCC(=O)O)NC(=O)OC(C)OC(=O)C(C)C. The van der Waals surface area contributed by atoms with E-state index in [1.807, 2.05) is 36.6 Å². The van der Waals surface area contributed by atoms with Gasteiger partial charge in [0, 0.05) is 24.5 Å². The third kappa shape index (κ3) is 14.5. The highest BCUT2D eigenvalue weighted by Crippen LogP contribution is 2.27. The van der Waals surface area contributed by atoms with E-state index in [4.69, 9.17) is 14.6 Å². The first kappa shape index (κ1) is 32.0. The fourth-order valence-corrected chi connectivity index (χ4v) is 5.95. The molecule has 0 aromatic heterocycles. The molecule has 1 aromatic carbocycles. The molecule has 0 aliphatic rings. The molecule has 0 radical (unpaired) electrons. The van der Waals surface area contributed by atoms with E-state index < -0.39 is 36.8 Å². The van der Waals surface area contributed by atoms with E-state index in [1.165, 1.54) is 28.5 Å². The van der Waals surface area contributed by atoms with Crippen LogP contribution in [0.3, 0.4) is 0 Å². The molecule has 0 spiro atoms. The van der Waals surface area contributed by atoms with Gasteiger partial charge < -0.3 is 25.2 Å². The quantitative estimate of drug-likeness (QED) is 0.112. The van der Waals surface area contributed by atoms with Crippen LogP contribution in [0.4, 0.5) is 4.79 Å². The predicted molar refractivity (Wildman–Crippen MR) is 146 cm³/mol. The number of carbonyl (C=O) groups is 4. The molecule has 9 nitrogen and oxygen atoms in total. The number of hydrogen-bond donors (Lipinski definition) is 3. The molecule has 1 rings (SSSR count). The minimum atomic E-state index is -1.09. The lowest BCUT2D eigenvalue weighted by atomic mass is 10.0. The van der Waals surface area contributed by atoms with Gasteiger partial charge in [0.2, 0.25) is 12.2 Å². The maximum atomic E-state index is 12.6. The lowest BCUT2D eigenvalue weighted by Crippen LogP contribution is -2.39. The van der Waals surface area contributed by atoms with Gasteiger partial charge in [0.15, 0.2) is 0 Å². The van der Waals surface area contributed by atoms with Gasteiger partial charge in [0.1, 0.15) is 6.54 Å². The number of benzene rings is 1. The summed E-state index contributed by atoms with van der Waals surface area (Å²) in [7, 11) is 3.02. The Balaban J connectivity index is 2.60. The number of carbonyl (C=O) groups excluding carboxylic acids is 3. The van der Waals surface area contributed by atoms with E-state index in [0.717, 1.165) is 17.7 Å². The molecule has 3 N–H and O–H groups in total. The monoisotopic (exact) mass is 560 g/mol. The third-order valence-corrected chi connectivity index (χ3v) is 7.95. The first-order chi connectivity index (χ1) is 17.1. The van der Waals surface area contributed by atoms with Crippen LogP contribution in [0.25, 0.3) is 0 Å². The van der Waals surface area contributed by atoms with Gasteiger partial charge in [-0.2, -0.15) is 11.8 Å². The molecule has 0 heterocycles. The van der Waals surface area contributed by atoms with Crippen LogP contribution in [-0.4, -0.2) is 71.4 Å². The minimum absolute atomic E-state index is 0.177. The summed E-state index contributed by atoms with van der Waals surface area (Å²) in [6.07, 6.45) is 1.54. The average Bonchev–Trinajstić information content (AvgIpc) is 2.82. The first-order valence-electron chi connectivity index (χ1n) is 11.6. The van der Waals surface area contributed by atoms with Gasteiger partial charge in [-0.1, -0.05) is 65.8 Å². The van der Waals surface area contributed by atoms with Crippen molar-refractivity contribution in [3.63, 3.8) is 0 Å². The molecule has 0 aliphatic heterocycles. The molecular weight excluding hydrogens is 524 g/mol. The minimum Gasteiger partial charge on any atom is -0.480 e. The molecule has 0 bridgehead atoms. The summed E-state index contributed by atoms with van der Waals surface area (Å²) in [5, 5.41) is 14.2. The molecule has 12 heteroatoms. The number of hydrogen-bond acceptors (Lipinski definition) is 9. The van der Waals surface area contributed by atoms with Gasteiger partial charge >= 0.3 is 18.0 Å². The Labute approximate surface area is 225 Å². The molecule has 202 valence electrons. The summed E-state index contributed by atoms with van der Waals surface area (Å²) < 4.78 is 10.2. The molecule has 3 atom stereocenters. The summed E-state index contributed by atoms with van der Waals surface area (Å²) in [4.78, 5) is 47.4. The van der Waals surface area contributed by atoms with Crippen molar-refractivity contribution in [1.82, 2.24) is 10.6 Å². The largest absolute Gasteiger partial charge is 0.480 e. The first-order valence-corrected chi connectivity index (χ1v) is 15.4. The van der Waals surface area contributed by atoms with E-state index in [2.05, 4.69) is 10.6 Å². The molecule has 1 aromatic rings. The van der Waals surface area contributed by atoms with Crippen LogP contribution < -0.4 is 10.6 Å². The van der Waals surface area contributed by atoms with E-state index >= 15 is 0 Å². The third-order valence-electron chi connectivity index (χ3n) is 4.75. The fourth-order valence-electron chi connectivity index (χ4n) is 2.83. The highest BCUT2D eigenvalue weighted by molar-refractivity contribution is 8.76. The van der Waals surface area contributed by atoms with Crippen molar-refractivity contribution in [2.24, 2.45) is 11.8 Å². The second kappa shape index (κ2) is 18.2. The van der Waals surface area contributed by atoms with E-state index in [1.54, 1.807) is 25.6 Å². The molecule has 0 aliphatic carbocycles. The van der Waals surface area contributed by atoms with Gasteiger partial charge in [-0.05, 0) is 30.4 Å². The highest BCUT2D eigenvalue weighted by atomic mass is 33.1. The number of amides is 2. The number of carboxylic acid groups (broad SMARTS) is 1. The zero-order valence-electron chi connectivity index (χ0n) is 21.1. The normalized spacial score (nSPS) is 13.4. The van der Waals surface area contributed by atoms with Gasteiger partial charge in [-0.3, -0.25) is 14.4 Å². The van der Waals surface area contributed by atoms with Crippen molar-refractivity contribution < 1.29 is 33.8 Å². The maximum absolute atomic E-state index is 12.6. The summed E-state index contributed by atoms with van der Waals surface area (Å²) in [5.41, 5.74) is 0.994. The van der Waals surface area contributed by atoms with Gasteiger partial charge in [0.25, 0.3) is 0 Å². The van der Waals surface area contributed by atoms with Gasteiger partial charge in [0.05, 0.1) is 11.8 Å². The Morgan fingerprint density at radius 2 is 1.67 bits per heavy atom. The van der Waals surface area contributed by atoms with E-state index in [9.17, 15) is 19.2 Å². The summed E-state index contributed by atoms with van der Waals surface area (Å²) in [6, 6.07) is 9.38. The van der Waals surface area contributed by atoms with Crippen molar-refractivity contribution in [2.45, 2.75) is 45.9 Å². The second-order valence-electron chi connectivity index (χ2n) is 8.25. The molecule has 36 heavy (non-hydrogen) atoms. The zero-order chi connectivity index (χ0) is 26.9. The van der Waals surface area contributed by atoms with E-state index in [-0.39, 0.29) is 17.9 Å². The summed E-state index contributed by atoms with van der Waals surface area (Å²) in [6.45, 7) is 4.46. The average molecular weight is 561 g/mol. The molecule has 0 saturated heterocycles. The van der Waals surface area contributed by atoms with Crippen molar-refractivity contribution in [1.29, 1.82) is 0 Å². The molecule has 0 saturated carbocycles. The Hall–Kier alpha value is -2.05. The van der Waals surface area contributed by atoms with E-state index in [0.29, 0.717) is 17.9 Å². The number of aliphatic carboxylic acids is 1. The highest BCUT2D eigenvalue weighted by Gasteiger charge is 2.22. The Kier molecular flexibility index (Phi) is 16.2. The topological polar surface area (TPSA) is 131 Å². The van der Waals surface area contributed by atoms with Crippen LogP contribution in [0, 0.1) is 11.8 Å². The van der Waals surface area contributed by atoms with Crippen LogP contribution in [0.1, 0.15) is 32.8 Å². The number of ether oxygens (including phenoxy) is 2. The Morgan fingerprint density at radius 1 is 1.00 bits per heavy atom. The van der Waals surface area contributed by atoms with Crippen LogP contribution in [0.15, 0.2) is 30.3 Å². The fraction of sp³-hybridized carbons (Fsp3) is 0.583. The maximum Gasteiger partial charge on any atom is 0.410 e. The number of alkyl carbamates (subject to hydrolysis) is 1.